The average Bonchev–Trinajstić information content (AvgIpc) is 2.38. The zero-order valence-corrected chi connectivity index (χ0v) is 12.0. The summed E-state index contributed by atoms with van der Waals surface area (Å²) in [5.41, 5.74) is 8.28. The first kappa shape index (κ1) is 14.4. The van der Waals surface area contributed by atoms with Gasteiger partial charge in [-0.2, -0.15) is 0 Å². The van der Waals surface area contributed by atoms with E-state index in [1.807, 2.05) is 6.92 Å². The van der Waals surface area contributed by atoms with Gasteiger partial charge < -0.3 is 15.2 Å². The molecule has 1 aromatic carbocycles. The zero-order chi connectivity index (χ0) is 13.7. The molecule has 3 heteroatoms. The fourth-order valence-electron chi connectivity index (χ4n) is 2.54. The minimum atomic E-state index is 0.148. The number of ether oxygens (including phenoxy) is 2. The molecule has 3 nitrogen and oxygen atoms in total. The Morgan fingerprint density at radius 1 is 1.42 bits per heavy atom. The number of hydrogen-bond acceptors (Lipinski definition) is 3. The normalized spacial score (nSPS) is 21.1. The highest BCUT2D eigenvalue weighted by Gasteiger charge is 2.16. The van der Waals surface area contributed by atoms with E-state index in [0.717, 1.165) is 25.2 Å². The van der Waals surface area contributed by atoms with Crippen LogP contribution in [0.15, 0.2) is 18.2 Å². The van der Waals surface area contributed by atoms with Gasteiger partial charge in [-0.25, -0.2) is 0 Å². The van der Waals surface area contributed by atoms with Gasteiger partial charge in [-0.15, -0.1) is 0 Å². The smallest absolute Gasteiger partial charge is 0.125 e. The third-order valence-corrected chi connectivity index (χ3v) is 3.52. The van der Waals surface area contributed by atoms with Crippen LogP contribution in [0.4, 0.5) is 0 Å². The predicted octanol–water partition coefficient (Wildman–Crippen LogP) is 2.83. The minimum Gasteiger partial charge on any atom is -0.490 e. The Hall–Kier alpha value is -1.06. The SMILES string of the molecule is Cc1cccc(CC(C)N)c1OCC1CCCCO1. The fourth-order valence-corrected chi connectivity index (χ4v) is 2.54. The van der Waals surface area contributed by atoms with Crippen molar-refractivity contribution in [1.29, 1.82) is 0 Å². The van der Waals surface area contributed by atoms with Gasteiger partial charge >= 0.3 is 0 Å². The summed E-state index contributed by atoms with van der Waals surface area (Å²) in [5.74, 6) is 0.994. The largest absolute Gasteiger partial charge is 0.490 e. The van der Waals surface area contributed by atoms with E-state index < -0.39 is 0 Å². The number of hydrogen-bond donors (Lipinski definition) is 1. The number of nitrogens with two attached hydrogens (primary N) is 1. The second-order valence-corrected chi connectivity index (χ2v) is 5.54. The van der Waals surface area contributed by atoms with Crippen molar-refractivity contribution in [3.8, 4) is 5.75 Å². The highest BCUT2D eigenvalue weighted by Crippen LogP contribution is 2.25. The molecule has 2 N–H and O–H groups in total. The van der Waals surface area contributed by atoms with Gasteiger partial charge in [0, 0.05) is 12.6 Å². The topological polar surface area (TPSA) is 44.5 Å². The first-order valence-corrected chi connectivity index (χ1v) is 7.25. The van der Waals surface area contributed by atoms with Crippen molar-refractivity contribution in [2.45, 2.75) is 51.7 Å². The minimum absolute atomic E-state index is 0.148. The summed E-state index contributed by atoms with van der Waals surface area (Å²) >= 11 is 0. The second kappa shape index (κ2) is 6.92. The molecule has 0 amide bonds. The molecule has 1 aliphatic heterocycles. The van der Waals surface area contributed by atoms with Gasteiger partial charge in [0.05, 0.1) is 6.10 Å². The standard InChI is InChI=1S/C16H25NO2/c1-12-6-5-7-14(10-13(2)17)16(12)19-11-15-8-3-4-9-18-15/h5-7,13,15H,3-4,8-11,17H2,1-2H3. The van der Waals surface area contributed by atoms with E-state index in [2.05, 4.69) is 25.1 Å². The molecule has 1 aliphatic rings. The van der Waals surface area contributed by atoms with Crippen LogP contribution in [-0.4, -0.2) is 25.4 Å². The second-order valence-electron chi connectivity index (χ2n) is 5.54. The van der Waals surface area contributed by atoms with Crippen LogP contribution in [0.1, 0.15) is 37.3 Å². The lowest BCUT2D eigenvalue weighted by molar-refractivity contribution is -0.0113. The molecule has 1 aromatic rings. The van der Waals surface area contributed by atoms with Gasteiger partial charge in [-0.3, -0.25) is 0 Å². The van der Waals surface area contributed by atoms with Crippen LogP contribution in [-0.2, 0) is 11.2 Å². The van der Waals surface area contributed by atoms with E-state index in [4.69, 9.17) is 15.2 Å². The number of rotatable bonds is 5. The van der Waals surface area contributed by atoms with Crippen LogP contribution < -0.4 is 10.5 Å². The van der Waals surface area contributed by atoms with E-state index in [0.29, 0.717) is 6.61 Å². The van der Waals surface area contributed by atoms with Crippen molar-refractivity contribution in [2.75, 3.05) is 13.2 Å². The molecular weight excluding hydrogens is 238 g/mol. The maximum absolute atomic E-state index is 6.03. The van der Waals surface area contributed by atoms with Crippen molar-refractivity contribution in [2.24, 2.45) is 5.73 Å². The Morgan fingerprint density at radius 3 is 2.95 bits per heavy atom. The maximum atomic E-state index is 6.03. The molecule has 1 fully saturated rings. The van der Waals surface area contributed by atoms with Crippen LogP contribution in [0.5, 0.6) is 5.75 Å². The Bertz CT molecular complexity index is 398. The number of aryl methyl sites for hydroxylation is 1. The van der Waals surface area contributed by atoms with Crippen LogP contribution >= 0.6 is 0 Å². The van der Waals surface area contributed by atoms with Crippen molar-refractivity contribution in [3.05, 3.63) is 29.3 Å². The zero-order valence-electron chi connectivity index (χ0n) is 12.0. The Morgan fingerprint density at radius 2 is 2.26 bits per heavy atom. The van der Waals surface area contributed by atoms with E-state index in [1.165, 1.54) is 24.0 Å². The highest BCUT2D eigenvalue weighted by molar-refractivity contribution is 5.41. The van der Waals surface area contributed by atoms with Crippen LogP contribution in [0.3, 0.4) is 0 Å². The summed E-state index contributed by atoms with van der Waals surface area (Å²) < 4.78 is 11.7. The van der Waals surface area contributed by atoms with Gasteiger partial charge in [-0.05, 0) is 50.7 Å². The third-order valence-electron chi connectivity index (χ3n) is 3.52. The van der Waals surface area contributed by atoms with E-state index in [-0.39, 0.29) is 12.1 Å². The first-order valence-electron chi connectivity index (χ1n) is 7.25. The summed E-state index contributed by atoms with van der Waals surface area (Å²) in [5, 5.41) is 0. The molecule has 19 heavy (non-hydrogen) atoms. The van der Waals surface area contributed by atoms with E-state index in [9.17, 15) is 0 Å². The number of benzene rings is 1. The summed E-state index contributed by atoms with van der Waals surface area (Å²) in [4.78, 5) is 0. The molecule has 2 rings (SSSR count). The third kappa shape index (κ3) is 4.22. The molecule has 106 valence electrons. The quantitative estimate of drug-likeness (QED) is 0.888. The van der Waals surface area contributed by atoms with Gasteiger partial charge in [0.1, 0.15) is 12.4 Å². The lowest BCUT2D eigenvalue weighted by Gasteiger charge is -2.24. The summed E-state index contributed by atoms with van der Waals surface area (Å²) in [7, 11) is 0. The molecule has 2 atom stereocenters. The maximum Gasteiger partial charge on any atom is 0.125 e. The molecule has 0 aromatic heterocycles. The van der Waals surface area contributed by atoms with Crippen molar-refractivity contribution in [1.82, 2.24) is 0 Å². The van der Waals surface area contributed by atoms with Crippen LogP contribution in [0, 0.1) is 6.92 Å². The van der Waals surface area contributed by atoms with Gasteiger partial charge in [0.2, 0.25) is 0 Å². The predicted molar refractivity (Wildman–Crippen MR) is 77.6 cm³/mol. The molecule has 0 radical (unpaired) electrons. The van der Waals surface area contributed by atoms with Gasteiger partial charge in [0.25, 0.3) is 0 Å². The fraction of sp³-hybridized carbons (Fsp3) is 0.625. The molecule has 0 bridgehead atoms. The van der Waals surface area contributed by atoms with Crippen LogP contribution in [0.2, 0.25) is 0 Å². The Kier molecular flexibility index (Phi) is 5.23. The molecule has 0 saturated carbocycles. The van der Waals surface area contributed by atoms with Crippen LogP contribution in [0.25, 0.3) is 0 Å². The lowest BCUT2D eigenvalue weighted by atomic mass is 10.0. The van der Waals surface area contributed by atoms with Crippen molar-refractivity contribution in [3.63, 3.8) is 0 Å². The van der Waals surface area contributed by atoms with E-state index in [1.54, 1.807) is 0 Å². The Labute approximate surface area is 116 Å². The first-order chi connectivity index (χ1) is 9.16. The highest BCUT2D eigenvalue weighted by atomic mass is 16.5. The van der Waals surface area contributed by atoms with Crippen molar-refractivity contribution < 1.29 is 9.47 Å². The summed E-state index contributed by atoms with van der Waals surface area (Å²) in [6.07, 6.45) is 4.62. The van der Waals surface area contributed by atoms with Gasteiger partial charge in [-0.1, -0.05) is 18.2 Å². The number of para-hydroxylation sites is 1. The molecule has 0 spiro atoms. The molecule has 1 heterocycles. The molecule has 2 unspecified atom stereocenters. The lowest BCUT2D eigenvalue weighted by Crippen LogP contribution is -2.26. The molecular formula is C16H25NO2. The van der Waals surface area contributed by atoms with Gasteiger partial charge in [0.15, 0.2) is 0 Å². The average molecular weight is 263 g/mol. The molecule has 0 aliphatic carbocycles. The summed E-state index contributed by atoms with van der Waals surface area (Å²) in [6, 6.07) is 6.40. The monoisotopic (exact) mass is 263 g/mol. The van der Waals surface area contributed by atoms with Crippen molar-refractivity contribution >= 4 is 0 Å². The Balaban J connectivity index is 2.01. The van der Waals surface area contributed by atoms with E-state index >= 15 is 0 Å². The molecule has 1 saturated heterocycles. The summed E-state index contributed by atoms with van der Waals surface area (Å²) in [6.45, 7) is 5.63.